The van der Waals surface area contributed by atoms with Crippen LogP contribution in [0.15, 0.2) is 33.2 Å². The van der Waals surface area contributed by atoms with Gasteiger partial charge in [0.15, 0.2) is 16.6 Å². The maximum absolute atomic E-state index is 14.3. The molecule has 0 bridgehead atoms. The summed E-state index contributed by atoms with van der Waals surface area (Å²) in [5.74, 6) is -0.875. The number of hydrogen-bond acceptors (Lipinski definition) is 5. The van der Waals surface area contributed by atoms with Crippen molar-refractivity contribution in [2.45, 2.75) is 44.9 Å². The van der Waals surface area contributed by atoms with Gasteiger partial charge in [0, 0.05) is 30.5 Å². The van der Waals surface area contributed by atoms with Crippen LogP contribution in [0.3, 0.4) is 0 Å². The van der Waals surface area contributed by atoms with E-state index in [2.05, 4.69) is 9.97 Å². The predicted molar refractivity (Wildman–Crippen MR) is 99.9 cm³/mol. The molecule has 9 heteroatoms. The van der Waals surface area contributed by atoms with Gasteiger partial charge in [-0.15, -0.1) is 0 Å². The lowest BCUT2D eigenvalue weighted by Gasteiger charge is -2.18. The number of fused-ring (bicyclic) bond motifs is 1. The van der Waals surface area contributed by atoms with Crippen molar-refractivity contribution >= 4 is 22.8 Å². The molecule has 0 fully saturated rings. The van der Waals surface area contributed by atoms with Crippen molar-refractivity contribution in [1.29, 1.82) is 0 Å². The van der Waals surface area contributed by atoms with Crippen molar-refractivity contribution in [2.24, 2.45) is 0 Å². The molecule has 0 aliphatic rings. The lowest BCUT2D eigenvalue weighted by Crippen LogP contribution is -2.28. The van der Waals surface area contributed by atoms with Gasteiger partial charge in [0.05, 0.1) is 5.69 Å². The highest BCUT2D eigenvalue weighted by molar-refractivity contribution is 7.98. The smallest absolute Gasteiger partial charge is 0.286 e. The van der Waals surface area contributed by atoms with Gasteiger partial charge in [-0.3, -0.25) is 9.59 Å². The van der Waals surface area contributed by atoms with E-state index in [1.54, 1.807) is 24.7 Å². The Morgan fingerprint density at radius 3 is 2.38 bits per heavy atom. The normalized spacial score (nSPS) is 11.8. The third-order valence-electron chi connectivity index (χ3n) is 4.06. The Morgan fingerprint density at radius 2 is 1.81 bits per heavy atom. The monoisotopic (exact) mass is 377 g/mol. The molecule has 3 aromatic rings. The van der Waals surface area contributed by atoms with Crippen molar-refractivity contribution < 1.29 is 4.39 Å². The maximum Gasteiger partial charge on any atom is 0.286 e. The van der Waals surface area contributed by atoms with Crippen molar-refractivity contribution in [1.82, 2.24) is 23.9 Å². The Morgan fingerprint density at radius 1 is 1.12 bits per heavy atom. The van der Waals surface area contributed by atoms with Gasteiger partial charge in [0.2, 0.25) is 0 Å². The summed E-state index contributed by atoms with van der Waals surface area (Å²) in [6.45, 7) is 7.30. The van der Waals surface area contributed by atoms with Crippen LogP contribution in [0.5, 0.6) is 0 Å². The summed E-state index contributed by atoms with van der Waals surface area (Å²) in [4.78, 5) is 33.5. The molecule has 138 valence electrons. The highest BCUT2D eigenvalue weighted by atomic mass is 32.2. The summed E-state index contributed by atoms with van der Waals surface area (Å²) in [5.41, 5.74) is -0.206. The van der Waals surface area contributed by atoms with Crippen LogP contribution >= 0.6 is 11.8 Å². The number of halogens is 1. The fourth-order valence-electron chi connectivity index (χ4n) is 2.85. The van der Waals surface area contributed by atoms with Crippen LogP contribution in [-0.2, 0) is 0 Å². The van der Waals surface area contributed by atoms with E-state index in [0.717, 1.165) is 6.07 Å². The molecule has 0 atom stereocenters. The minimum Gasteiger partial charge on any atom is -0.308 e. The minimum absolute atomic E-state index is 0.197. The van der Waals surface area contributed by atoms with Gasteiger partial charge in [-0.05, 0) is 34.0 Å². The van der Waals surface area contributed by atoms with Gasteiger partial charge in [-0.25, -0.2) is 23.7 Å². The average molecular weight is 377 g/mol. The molecule has 0 unspecified atom stereocenters. The molecule has 7 nitrogen and oxygen atoms in total. The van der Waals surface area contributed by atoms with E-state index in [1.807, 2.05) is 20.1 Å². The highest BCUT2D eigenvalue weighted by Crippen LogP contribution is 2.21. The molecule has 0 radical (unpaired) electrons. The van der Waals surface area contributed by atoms with Gasteiger partial charge >= 0.3 is 0 Å². The lowest BCUT2D eigenvalue weighted by molar-refractivity contribution is 0.466. The molecule has 3 aromatic heterocycles. The number of rotatable bonds is 4. The summed E-state index contributed by atoms with van der Waals surface area (Å²) in [6, 6.07) is 0.714. The van der Waals surface area contributed by atoms with Crippen molar-refractivity contribution in [3.8, 4) is 5.69 Å². The molecule has 3 heterocycles. The van der Waals surface area contributed by atoms with Crippen molar-refractivity contribution in [3.05, 3.63) is 45.0 Å². The fourth-order valence-corrected chi connectivity index (χ4v) is 3.18. The minimum atomic E-state index is -0.875. The first-order valence-electron chi connectivity index (χ1n) is 8.22. The summed E-state index contributed by atoms with van der Waals surface area (Å²) >= 11 is 1.35. The van der Waals surface area contributed by atoms with E-state index in [4.69, 9.17) is 0 Å². The van der Waals surface area contributed by atoms with E-state index in [9.17, 15) is 14.0 Å². The molecule has 0 aliphatic heterocycles. The zero-order valence-corrected chi connectivity index (χ0v) is 16.0. The van der Waals surface area contributed by atoms with Crippen molar-refractivity contribution in [2.75, 3.05) is 6.26 Å². The SMILES string of the molecule is CSc1ncc2c(=O)n(C(C)C)n(-c3cc(F)c(=O)n(C(C)C)c3)c2n1. The van der Waals surface area contributed by atoms with Gasteiger partial charge in [-0.2, -0.15) is 0 Å². The third kappa shape index (κ3) is 2.86. The highest BCUT2D eigenvalue weighted by Gasteiger charge is 2.21. The van der Waals surface area contributed by atoms with Crippen molar-refractivity contribution in [3.63, 3.8) is 0 Å². The van der Waals surface area contributed by atoms with Crippen LogP contribution < -0.4 is 11.1 Å². The van der Waals surface area contributed by atoms with Crippen LogP contribution in [0.4, 0.5) is 4.39 Å². The van der Waals surface area contributed by atoms with E-state index in [1.165, 1.54) is 27.2 Å². The number of hydrogen-bond donors (Lipinski definition) is 0. The molecule has 0 N–H and O–H groups in total. The molecule has 26 heavy (non-hydrogen) atoms. The Hall–Kier alpha value is -2.42. The molecule has 0 saturated carbocycles. The molecule has 0 aromatic carbocycles. The van der Waals surface area contributed by atoms with E-state index in [0.29, 0.717) is 21.9 Å². The average Bonchev–Trinajstić information content (AvgIpc) is 2.89. The van der Waals surface area contributed by atoms with E-state index >= 15 is 0 Å². The van der Waals surface area contributed by atoms with Crippen LogP contribution in [-0.4, -0.2) is 30.2 Å². The summed E-state index contributed by atoms with van der Waals surface area (Å²) in [6.07, 6.45) is 4.87. The van der Waals surface area contributed by atoms with Gasteiger partial charge < -0.3 is 4.57 Å². The van der Waals surface area contributed by atoms with Crippen LogP contribution in [0, 0.1) is 5.82 Å². The fraction of sp³-hybridized carbons (Fsp3) is 0.412. The summed E-state index contributed by atoms with van der Waals surface area (Å²) < 4.78 is 18.7. The maximum atomic E-state index is 14.3. The number of nitrogens with zero attached hydrogens (tertiary/aromatic N) is 5. The first kappa shape index (κ1) is 18.4. The third-order valence-corrected chi connectivity index (χ3v) is 4.62. The first-order valence-corrected chi connectivity index (χ1v) is 9.45. The van der Waals surface area contributed by atoms with Gasteiger partial charge in [-0.1, -0.05) is 11.8 Å². The topological polar surface area (TPSA) is 74.7 Å². The summed E-state index contributed by atoms with van der Waals surface area (Å²) in [5, 5.41) is 0.851. The van der Waals surface area contributed by atoms with E-state index in [-0.39, 0.29) is 17.6 Å². The predicted octanol–water partition coefficient (Wildman–Crippen LogP) is 2.77. The second kappa shape index (κ2) is 6.71. The number of aromatic nitrogens is 5. The number of thioether (sulfide) groups is 1. The van der Waals surface area contributed by atoms with Crippen LogP contribution in [0.25, 0.3) is 16.7 Å². The van der Waals surface area contributed by atoms with Gasteiger partial charge in [0.25, 0.3) is 11.1 Å². The summed E-state index contributed by atoms with van der Waals surface area (Å²) in [7, 11) is 0. The molecule has 0 saturated heterocycles. The molecule has 0 amide bonds. The van der Waals surface area contributed by atoms with Gasteiger partial charge in [0.1, 0.15) is 5.39 Å². The zero-order valence-electron chi connectivity index (χ0n) is 15.2. The molecular weight excluding hydrogens is 357 g/mol. The molecular formula is C17H20FN5O2S. The Labute approximate surface area is 153 Å². The molecule has 0 spiro atoms. The standard InChI is InChI=1S/C17H20FN5O2S/c1-9(2)21-8-11(6-13(18)16(21)25)23-14-12(7-19-17(20-14)26-5)15(24)22(23)10(3)4/h6-10H,1-5H3. The van der Waals surface area contributed by atoms with Crippen LogP contribution in [0.2, 0.25) is 0 Å². The van der Waals surface area contributed by atoms with Crippen LogP contribution in [0.1, 0.15) is 39.8 Å². The second-order valence-corrected chi connectivity index (χ2v) is 7.28. The number of pyridine rings is 1. The van der Waals surface area contributed by atoms with E-state index < -0.39 is 11.4 Å². The molecule has 3 rings (SSSR count). The zero-order chi connectivity index (χ0) is 19.2. The largest absolute Gasteiger partial charge is 0.308 e. The Kier molecular flexibility index (Phi) is 4.74. The quantitative estimate of drug-likeness (QED) is 0.516. The molecule has 0 aliphatic carbocycles. The second-order valence-electron chi connectivity index (χ2n) is 6.50. The lowest BCUT2D eigenvalue weighted by atomic mass is 10.3. The Balaban J connectivity index is 2.46. The Bertz CT molecular complexity index is 1100. The first-order chi connectivity index (χ1) is 12.3.